The zero-order valence-corrected chi connectivity index (χ0v) is 8.56. The average Bonchev–Trinajstić information content (AvgIpc) is 2.42. The van der Waals surface area contributed by atoms with Gasteiger partial charge >= 0.3 is 0 Å². The van der Waals surface area contributed by atoms with Crippen LogP contribution in [0.5, 0.6) is 0 Å². The zero-order valence-electron chi connectivity index (χ0n) is 8.56. The van der Waals surface area contributed by atoms with Gasteiger partial charge in [-0.25, -0.2) is 0 Å². The Kier molecular flexibility index (Phi) is 4.00. The van der Waals surface area contributed by atoms with E-state index in [0.29, 0.717) is 18.8 Å². The number of ketones is 1. The SMILES string of the molecule is CCCCCOC1=C(C)CCC1=O. The molecule has 1 rings (SSSR count). The molecular formula is C11H18O2. The number of allylic oxidation sites excluding steroid dienone is 2. The lowest BCUT2D eigenvalue weighted by Crippen LogP contribution is -2.02. The first-order chi connectivity index (χ1) is 6.25. The normalized spacial score (nSPS) is 16.9. The molecule has 0 fully saturated rings. The Labute approximate surface area is 80.0 Å². The van der Waals surface area contributed by atoms with Crippen molar-refractivity contribution < 1.29 is 9.53 Å². The molecule has 0 aromatic carbocycles. The van der Waals surface area contributed by atoms with Crippen LogP contribution in [0.25, 0.3) is 0 Å². The summed E-state index contributed by atoms with van der Waals surface area (Å²) in [5, 5.41) is 0. The summed E-state index contributed by atoms with van der Waals surface area (Å²) in [5.74, 6) is 0.838. The summed E-state index contributed by atoms with van der Waals surface area (Å²) in [4.78, 5) is 11.3. The lowest BCUT2D eigenvalue weighted by Gasteiger charge is -2.06. The first-order valence-electron chi connectivity index (χ1n) is 5.11. The van der Waals surface area contributed by atoms with Gasteiger partial charge in [0, 0.05) is 6.42 Å². The van der Waals surface area contributed by atoms with E-state index in [1.54, 1.807) is 0 Å². The van der Waals surface area contributed by atoms with Crippen LogP contribution in [0.3, 0.4) is 0 Å². The number of carbonyl (C=O) groups excluding carboxylic acids is 1. The van der Waals surface area contributed by atoms with E-state index in [9.17, 15) is 4.79 Å². The van der Waals surface area contributed by atoms with E-state index >= 15 is 0 Å². The Hall–Kier alpha value is -0.790. The molecule has 0 unspecified atom stereocenters. The quantitative estimate of drug-likeness (QED) is 0.611. The maximum Gasteiger partial charge on any atom is 0.197 e. The molecule has 1 aliphatic carbocycles. The fraction of sp³-hybridized carbons (Fsp3) is 0.727. The fourth-order valence-corrected chi connectivity index (χ4v) is 1.50. The number of Topliss-reactive ketones (excluding diaryl/α,β-unsaturated/α-hetero) is 1. The number of rotatable bonds is 5. The Bertz CT molecular complexity index is 216. The molecule has 0 saturated heterocycles. The van der Waals surface area contributed by atoms with Crippen LogP contribution in [0.2, 0.25) is 0 Å². The van der Waals surface area contributed by atoms with Gasteiger partial charge in [-0.1, -0.05) is 19.8 Å². The van der Waals surface area contributed by atoms with Gasteiger partial charge in [-0.05, 0) is 25.3 Å². The second-order valence-corrected chi connectivity index (χ2v) is 3.59. The third-order valence-electron chi connectivity index (χ3n) is 2.36. The van der Waals surface area contributed by atoms with E-state index in [0.717, 1.165) is 18.4 Å². The minimum Gasteiger partial charge on any atom is -0.490 e. The molecule has 13 heavy (non-hydrogen) atoms. The topological polar surface area (TPSA) is 26.3 Å². The minimum absolute atomic E-state index is 0.189. The van der Waals surface area contributed by atoms with Crippen molar-refractivity contribution in [3.8, 4) is 0 Å². The van der Waals surface area contributed by atoms with Gasteiger partial charge in [0.15, 0.2) is 11.5 Å². The van der Waals surface area contributed by atoms with Gasteiger partial charge in [0.1, 0.15) is 0 Å². The van der Waals surface area contributed by atoms with Crippen molar-refractivity contribution in [3.05, 3.63) is 11.3 Å². The monoisotopic (exact) mass is 182 g/mol. The molecule has 1 aliphatic rings. The predicted molar refractivity (Wildman–Crippen MR) is 52.4 cm³/mol. The molecule has 0 N–H and O–H groups in total. The summed E-state index contributed by atoms with van der Waals surface area (Å²) in [6.07, 6.45) is 4.97. The maximum absolute atomic E-state index is 11.3. The van der Waals surface area contributed by atoms with Crippen LogP contribution in [0.4, 0.5) is 0 Å². The summed E-state index contributed by atoms with van der Waals surface area (Å²) >= 11 is 0. The van der Waals surface area contributed by atoms with Gasteiger partial charge in [0.2, 0.25) is 0 Å². The van der Waals surface area contributed by atoms with Crippen LogP contribution in [0, 0.1) is 0 Å². The lowest BCUT2D eigenvalue weighted by molar-refractivity contribution is -0.118. The van der Waals surface area contributed by atoms with E-state index in [1.165, 1.54) is 12.8 Å². The van der Waals surface area contributed by atoms with Gasteiger partial charge in [-0.3, -0.25) is 4.79 Å². The second-order valence-electron chi connectivity index (χ2n) is 3.59. The number of carbonyl (C=O) groups is 1. The molecule has 0 aromatic rings. The van der Waals surface area contributed by atoms with Gasteiger partial charge in [0.05, 0.1) is 6.61 Å². The standard InChI is InChI=1S/C11H18O2/c1-3-4-5-8-13-11-9(2)6-7-10(11)12/h3-8H2,1-2H3. The first-order valence-corrected chi connectivity index (χ1v) is 5.11. The summed E-state index contributed by atoms with van der Waals surface area (Å²) in [6, 6.07) is 0. The number of hydrogen-bond donors (Lipinski definition) is 0. The Morgan fingerprint density at radius 1 is 1.31 bits per heavy atom. The first kappa shape index (κ1) is 10.3. The third kappa shape index (κ3) is 2.87. The summed E-state index contributed by atoms with van der Waals surface area (Å²) < 4.78 is 5.46. The van der Waals surface area contributed by atoms with Gasteiger partial charge in [0.25, 0.3) is 0 Å². The smallest absolute Gasteiger partial charge is 0.197 e. The number of unbranched alkanes of at least 4 members (excludes halogenated alkanes) is 2. The van der Waals surface area contributed by atoms with Crippen molar-refractivity contribution in [2.24, 2.45) is 0 Å². The van der Waals surface area contributed by atoms with E-state index in [4.69, 9.17) is 4.74 Å². The van der Waals surface area contributed by atoms with Gasteiger partial charge in [-0.2, -0.15) is 0 Å². The molecule has 2 heteroatoms. The second kappa shape index (κ2) is 5.05. The zero-order chi connectivity index (χ0) is 9.68. The highest BCUT2D eigenvalue weighted by Gasteiger charge is 2.21. The van der Waals surface area contributed by atoms with Crippen molar-refractivity contribution >= 4 is 5.78 Å². The highest BCUT2D eigenvalue weighted by Crippen LogP contribution is 2.23. The van der Waals surface area contributed by atoms with Crippen molar-refractivity contribution in [3.63, 3.8) is 0 Å². The summed E-state index contributed by atoms with van der Waals surface area (Å²) in [6.45, 7) is 4.84. The van der Waals surface area contributed by atoms with Crippen molar-refractivity contribution in [1.82, 2.24) is 0 Å². The van der Waals surface area contributed by atoms with E-state index in [1.807, 2.05) is 6.92 Å². The molecule has 74 valence electrons. The molecule has 0 aliphatic heterocycles. The highest BCUT2D eigenvalue weighted by atomic mass is 16.5. The Balaban J connectivity index is 2.27. The van der Waals surface area contributed by atoms with Gasteiger partial charge in [-0.15, -0.1) is 0 Å². The lowest BCUT2D eigenvalue weighted by atomic mass is 10.2. The molecular weight excluding hydrogens is 164 g/mol. The van der Waals surface area contributed by atoms with Gasteiger partial charge < -0.3 is 4.74 Å². The Morgan fingerprint density at radius 2 is 2.08 bits per heavy atom. The summed E-state index contributed by atoms with van der Waals surface area (Å²) in [5.41, 5.74) is 1.13. The largest absolute Gasteiger partial charge is 0.490 e. The molecule has 2 nitrogen and oxygen atoms in total. The number of ether oxygens (including phenoxy) is 1. The summed E-state index contributed by atoms with van der Waals surface area (Å²) in [7, 11) is 0. The van der Waals surface area contributed by atoms with Crippen molar-refractivity contribution in [2.45, 2.75) is 46.0 Å². The molecule has 0 saturated carbocycles. The third-order valence-corrected chi connectivity index (χ3v) is 2.36. The van der Waals surface area contributed by atoms with Crippen molar-refractivity contribution in [1.29, 1.82) is 0 Å². The van der Waals surface area contributed by atoms with E-state index < -0.39 is 0 Å². The van der Waals surface area contributed by atoms with E-state index in [2.05, 4.69) is 6.92 Å². The molecule has 0 radical (unpaired) electrons. The fourth-order valence-electron chi connectivity index (χ4n) is 1.50. The van der Waals surface area contributed by atoms with Crippen LogP contribution in [0.1, 0.15) is 46.0 Å². The van der Waals surface area contributed by atoms with Crippen LogP contribution in [-0.2, 0) is 9.53 Å². The van der Waals surface area contributed by atoms with Crippen LogP contribution in [0.15, 0.2) is 11.3 Å². The maximum atomic E-state index is 11.3. The van der Waals surface area contributed by atoms with Crippen LogP contribution < -0.4 is 0 Å². The molecule has 0 spiro atoms. The molecule has 0 aromatic heterocycles. The molecule has 0 heterocycles. The molecule has 0 atom stereocenters. The minimum atomic E-state index is 0.189. The highest BCUT2D eigenvalue weighted by molar-refractivity contribution is 5.96. The van der Waals surface area contributed by atoms with E-state index in [-0.39, 0.29) is 5.78 Å². The Morgan fingerprint density at radius 3 is 2.62 bits per heavy atom. The molecule has 0 bridgehead atoms. The number of hydrogen-bond acceptors (Lipinski definition) is 2. The average molecular weight is 182 g/mol. The van der Waals surface area contributed by atoms with Crippen LogP contribution >= 0.6 is 0 Å². The van der Waals surface area contributed by atoms with Crippen LogP contribution in [-0.4, -0.2) is 12.4 Å². The molecule has 0 amide bonds. The predicted octanol–water partition coefficient (Wildman–Crippen LogP) is 2.83. The van der Waals surface area contributed by atoms with Crippen molar-refractivity contribution in [2.75, 3.05) is 6.61 Å².